The Labute approximate surface area is 123 Å². The van der Waals surface area contributed by atoms with Crippen molar-refractivity contribution in [3.63, 3.8) is 0 Å². The van der Waals surface area contributed by atoms with Crippen molar-refractivity contribution >= 4 is 22.2 Å². The van der Waals surface area contributed by atoms with Crippen LogP contribution in [0.25, 0.3) is 0 Å². The van der Waals surface area contributed by atoms with Crippen molar-refractivity contribution in [1.82, 2.24) is 0 Å². The number of nitrogens with two attached hydrogens (primary N) is 2. The molecule has 8 nitrogen and oxygen atoms in total. The predicted molar refractivity (Wildman–Crippen MR) is 75.9 cm³/mol. The molecule has 0 aromatic rings. The van der Waals surface area contributed by atoms with Gasteiger partial charge in [0.1, 0.15) is 12.2 Å². The van der Waals surface area contributed by atoms with E-state index in [0.29, 0.717) is 12.8 Å². The highest BCUT2D eigenvalue weighted by molar-refractivity contribution is 7.83. The SMILES string of the molecule is C=CS(=O)OCC(CCC(COS(=O)C=C)ON)ON. The number of hydrogen-bond acceptors (Lipinski definition) is 8. The van der Waals surface area contributed by atoms with Crippen LogP contribution in [0.15, 0.2) is 24.0 Å². The van der Waals surface area contributed by atoms with Gasteiger partial charge in [0, 0.05) is 10.8 Å². The summed E-state index contributed by atoms with van der Waals surface area (Å²) >= 11 is -3.16. The molecule has 0 bridgehead atoms. The molecule has 0 aliphatic heterocycles. The normalized spacial score (nSPS) is 17.1. The van der Waals surface area contributed by atoms with E-state index < -0.39 is 34.4 Å². The zero-order valence-corrected chi connectivity index (χ0v) is 12.6. The predicted octanol–water partition coefficient (Wildman–Crippen LogP) is -0.0680. The summed E-state index contributed by atoms with van der Waals surface area (Å²) < 4.78 is 31.8. The lowest BCUT2D eigenvalue weighted by atomic mass is 10.1. The topological polar surface area (TPSA) is 123 Å². The largest absolute Gasteiger partial charge is 0.299 e. The van der Waals surface area contributed by atoms with Gasteiger partial charge in [-0.2, -0.15) is 0 Å². The average molecular weight is 328 g/mol. The van der Waals surface area contributed by atoms with Gasteiger partial charge in [0.05, 0.1) is 13.2 Å². The zero-order valence-electron chi connectivity index (χ0n) is 11.0. The van der Waals surface area contributed by atoms with Gasteiger partial charge in [-0.05, 0) is 12.8 Å². The summed E-state index contributed by atoms with van der Waals surface area (Å²) in [5.74, 6) is 10.2. The van der Waals surface area contributed by atoms with E-state index in [1.807, 2.05) is 0 Å². The fraction of sp³-hybridized carbons (Fsp3) is 0.600. The molecule has 0 heterocycles. The van der Waals surface area contributed by atoms with Gasteiger partial charge in [-0.15, -0.1) is 0 Å². The van der Waals surface area contributed by atoms with E-state index in [2.05, 4.69) is 22.8 Å². The Morgan fingerprint density at radius 1 is 0.900 bits per heavy atom. The van der Waals surface area contributed by atoms with Gasteiger partial charge in [0.2, 0.25) is 0 Å². The minimum atomic E-state index is -1.58. The van der Waals surface area contributed by atoms with Crippen LogP contribution in [0.2, 0.25) is 0 Å². The molecular weight excluding hydrogens is 308 g/mol. The summed E-state index contributed by atoms with van der Waals surface area (Å²) in [5, 5.41) is 2.30. The number of rotatable bonds is 13. The molecule has 0 aromatic carbocycles. The van der Waals surface area contributed by atoms with Crippen molar-refractivity contribution < 1.29 is 26.5 Å². The Morgan fingerprint density at radius 3 is 1.50 bits per heavy atom. The van der Waals surface area contributed by atoms with Gasteiger partial charge in [-0.3, -0.25) is 18.0 Å². The second-order valence-corrected chi connectivity index (χ2v) is 5.70. The van der Waals surface area contributed by atoms with Crippen LogP contribution in [0, 0.1) is 0 Å². The number of hydrogen-bond donors (Lipinski definition) is 2. The van der Waals surface area contributed by atoms with Gasteiger partial charge >= 0.3 is 0 Å². The van der Waals surface area contributed by atoms with Crippen molar-refractivity contribution in [3.05, 3.63) is 24.0 Å². The molecule has 10 heteroatoms. The molecule has 4 N–H and O–H groups in total. The third kappa shape index (κ3) is 9.44. The molecule has 0 aromatic heterocycles. The Morgan fingerprint density at radius 2 is 1.25 bits per heavy atom. The third-order valence-corrected chi connectivity index (χ3v) is 3.49. The van der Waals surface area contributed by atoms with Crippen LogP contribution >= 0.6 is 0 Å². The van der Waals surface area contributed by atoms with E-state index >= 15 is 0 Å². The molecule has 4 atom stereocenters. The summed E-state index contributed by atoms with van der Waals surface area (Å²) in [7, 11) is 0. The monoisotopic (exact) mass is 328 g/mol. The van der Waals surface area contributed by atoms with Crippen molar-refractivity contribution in [2.45, 2.75) is 25.0 Å². The van der Waals surface area contributed by atoms with E-state index in [9.17, 15) is 8.42 Å². The van der Waals surface area contributed by atoms with E-state index in [1.165, 1.54) is 0 Å². The Bertz CT molecular complexity index is 310. The molecule has 0 aliphatic carbocycles. The Kier molecular flexibility index (Phi) is 12.0. The summed E-state index contributed by atoms with van der Waals surface area (Å²) in [4.78, 5) is 9.36. The second-order valence-electron chi connectivity index (χ2n) is 3.52. The summed E-state index contributed by atoms with van der Waals surface area (Å²) in [5.41, 5.74) is 0. The van der Waals surface area contributed by atoms with Crippen molar-refractivity contribution in [3.8, 4) is 0 Å². The van der Waals surface area contributed by atoms with E-state index in [1.54, 1.807) is 0 Å². The van der Waals surface area contributed by atoms with Crippen LogP contribution in [-0.4, -0.2) is 33.8 Å². The van der Waals surface area contributed by atoms with Crippen LogP contribution in [0.5, 0.6) is 0 Å². The van der Waals surface area contributed by atoms with Crippen LogP contribution in [0.3, 0.4) is 0 Å². The molecule has 4 unspecified atom stereocenters. The summed E-state index contributed by atoms with van der Waals surface area (Å²) in [6.07, 6.45) is -0.115. The molecule has 0 rings (SSSR count). The van der Waals surface area contributed by atoms with E-state index in [0.717, 1.165) is 10.8 Å². The lowest BCUT2D eigenvalue weighted by Gasteiger charge is -2.17. The Hall–Kier alpha value is -0.460. The third-order valence-electron chi connectivity index (χ3n) is 2.21. The molecule has 0 spiro atoms. The molecule has 0 saturated carbocycles. The summed E-state index contributed by atoms with van der Waals surface area (Å²) in [6, 6.07) is 0. The summed E-state index contributed by atoms with van der Waals surface area (Å²) in [6.45, 7) is 6.69. The van der Waals surface area contributed by atoms with Crippen molar-refractivity contribution in [2.24, 2.45) is 11.8 Å². The van der Waals surface area contributed by atoms with Gasteiger partial charge in [0.15, 0.2) is 22.2 Å². The maximum absolute atomic E-state index is 11.0. The van der Waals surface area contributed by atoms with Gasteiger partial charge in [-0.1, -0.05) is 13.2 Å². The lowest BCUT2D eigenvalue weighted by molar-refractivity contribution is -0.0164. The van der Waals surface area contributed by atoms with Gasteiger partial charge in [0.25, 0.3) is 0 Å². The van der Waals surface area contributed by atoms with Crippen molar-refractivity contribution in [1.29, 1.82) is 0 Å². The first-order valence-electron chi connectivity index (χ1n) is 5.61. The lowest BCUT2D eigenvalue weighted by Crippen LogP contribution is -2.29. The first kappa shape index (κ1) is 19.5. The Balaban J connectivity index is 4.04. The molecule has 0 fully saturated rings. The van der Waals surface area contributed by atoms with Crippen LogP contribution in [0.4, 0.5) is 0 Å². The second kappa shape index (κ2) is 12.3. The quantitative estimate of drug-likeness (QED) is 0.450. The minimum Gasteiger partial charge on any atom is -0.299 e. The van der Waals surface area contributed by atoms with Crippen LogP contribution in [0.1, 0.15) is 12.8 Å². The molecule has 0 amide bonds. The maximum Gasteiger partial charge on any atom is 0.181 e. The molecule has 118 valence electrons. The standard InChI is InChI=1S/C10H20N2O6S2/c1-3-19(13)15-7-9(17-11)5-6-10(18-12)8-16-20(14)4-2/h3-4,9-10H,1-2,5-8,11-12H2. The highest BCUT2D eigenvalue weighted by Gasteiger charge is 2.16. The van der Waals surface area contributed by atoms with Gasteiger partial charge < -0.3 is 0 Å². The fourth-order valence-corrected chi connectivity index (χ4v) is 1.90. The fourth-order valence-electron chi connectivity index (χ4n) is 1.14. The van der Waals surface area contributed by atoms with E-state index in [4.69, 9.17) is 20.2 Å². The van der Waals surface area contributed by atoms with Crippen LogP contribution < -0.4 is 11.8 Å². The minimum absolute atomic E-state index is 0.0336. The average Bonchev–Trinajstić information content (AvgIpc) is 2.49. The molecule has 0 aliphatic rings. The first-order valence-corrected chi connectivity index (χ1v) is 7.88. The van der Waals surface area contributed by atoms with E-state index in [-0.39, 0.29) is 13.2 Å². The first-order chi connectivity index (χ1) is 9.57. The van der Waals surface area contributed by atoms with Gasteiger partial charge in [-0.25, -0.2) is 20.2 Å². The van der Waals surface area contributed by atoms with Crippen molar-refractivity contribution in [2.75, 3.05) is 13.2 Å². The highest BCUT2D eigenvalue weighted by Crippen LogP contribution is 2.08. The highest BCUT2D eigenvalue weighted by atomic mass is 32.2. The molecule has 0 saturated heterocycles. The molecule has 0 radical (unpaired) electrons. The molecular formula is C10H20N2O6S2. The molecule has 20 heavy (non-hydrogen) atoms. The maximum atomic E-state index is 11.0. The zero-order chi connectivity index (χ0) is 15.4. The van der Waals surface area contributed by atoms with Crippen LogP contribution in [-0.2, 0) is 40.2 Å². The smallest absolute Gasteiger partial charge is 0.181 e.